The first-order valence-electron chi connectivity index (χ1n) is 9.92. The lowest BCUT2D eigenvalue weighted by Gasteiger charge is -2.46. The largest absolute Gasteiger partial charge is 0.459 e. The zero-order chi connectivity index (χ0) is 20.2. The van der Waals surface area contributed by atoms with Crippen LogP contribution in [-0.2, 0) is 5.41 Å². The van der Waals surface area contributed by atoms with Crippen LogP contribution in [0.25, 0.3) is 10.8 Å². The van der Waals surface area contributed by atoms with Crippen LogP contribution in [0.15, 0.2) is 64.1 Å². The highest BCUT2D eigenvalue weighted by atomic mass is 79.9. The number of nitrogens with zero attached hydrogens (tertiary/aromatic N) is 2. The minimum atomic E-state index is -0.749. The molecule has 5 rings (SSSR count). The second-order valence-electron chi connectivity index (χ2n) is 8.21. The molecule has 2 aliphatic heterocycles. The van der Waals surface area contributed by atoms with Gasteiger partial charge >= 0.3 is 0 Å². The molecule has 1 unspecified atom stereocenters. The number of halogens is 1. The first-order chi connectivity index (χ1) is 14.0. The Morgan fingerprint density at radius 3 is 2.76 bits per heavy atom. The highest BCUT2D eigenvalue weighted by Crippen LogP contribution is 2.55. The van der Waals surface area contributed by atoms with Crippen LogP contribution in [0.5, 0.6) is 5.75 Å². The van der Waals surface area contributed by atoms with Gasteiger partial charge in [-0.2, -0.15) is 0 Å². The summed E-state index contributed by atoms with van der Waals surface area (Å²) in [6.07, 6.45) is 2.62. The smallest absolute Gasteiger partial charge is 0.228 e. The van der Waals surface area contributed by atoms with Crippen LogP contribution in [0.3, 0.4) is 0 Å². The van der Waals surface area contributed by atoms with Crippen molar-refractivity contribution in [3.05, 3.63) is 64.6 Å². The van der Waals surface area contributed by atoms with E-state index in [1.165, 1.54) is 5.56 Å². The minimum Gasteiger partial charge on any atom is -0.459 e. The lowest BCUT2D eigenvalue weighted by molar-refractivity contribution is 0.0765. The summed E-state index contributed by atoms with van der Waals surface area (Å²) in [6, 6.07) is 18.7. The molecule has 29 heavy (non-hydrogen) atoms. The minimum absolute atomic E-state index is 0.134. The van der Waals surface area contributed by atoms with Gasteiger partial charge in [0.05, 0.1) is 11.6 Å². The molecule has 0 aliphatic carbocycles. The number of hydrogen-bond donors (Lipinski definition) is 1. The number of rotatable bonds is 3. The monoisotopic (exact) mass is 450 g/mol. The summed E-state index contributed by atoms with van der Waals surface area (Å²) in [7, 11) is 0. The zero-order valence-electron chi connectivity index (χ0n) is 16.5. The van der Waals surface area contributed by atoms with E-state index in [1.54, 1.807) is 0 Å². The van der Waals surface area contributed by atoms with Crippen molar-refractivity contribution in [1.29, 1.82) is 0 Å². The molecule has 3 aromatic carbocycles. The normalized spacial score (nSPS) is 21.3. The van der Waals surface area contributed by atoms with E-state index in [2.05, 4.69) is 71.1 Å². The third-order valence-corrected chi connectivity index (χ3v) is 6.75. The Kier molecular flexibility index (Phi) is 4.23. The van der Waals surface area contributed by atoms with Crippen LogP contribution in [0.4, 0.5) is 11.4 Å². The van der Waals surface area contributed by atoms with Crippen molar-refractivity contribution in [2.45, 2.75) is 31.4 Å². The quantitative estimate of drug-likeness (QED) is 0.566. The number of hydrogen-bond acceptors (Lipinski definition) is 4. The number of benzene rings is 3. The molecular weight excluding hydrogens is 428 g/mol. The molecule has 2 aliphatic rings. The number of fused-ring (bicyclic) bond motifs is 4. The number of aliphatic hydroxyl groups excluding tert-OH is 1. The SMILES string of the molecule is CC1(C)c2ccc(Br)cc2N(CCCO)C12C=Nc1c(ccc3ccccc13)O2. The summed E-state index contributed by atoms with van der Waals surface area (Å²) in [5, 5.41) is 11.8. The van der Waals surface area contributed by atoms with E-state index in [9.17, 15) is 5.11 Å². The van der Waals surface area contributed by atoms with Gasteiger partial charge in [-0.1, -0.05) is 52.3 Å². The molecule has 3 aromatic rings. The maximum Gasteiger partial charge on any atom is 0.228 e. The van der Waals surface area contributed by atoms with E-state index in [4.69, 9.17) is 9.73 Å². The number of aliphatic hydroxyl groups is 1. The maximum absolute atomic E-state index is 9.51. The molecule has 1 spiro atoms. The van der Waals surface area contributed by atoms with Crippen LogP contribution in [0, 0.1) is 0 Å². The van der Waals surface area contributed by atoms with E-state index < -0.39 is 5.72 Å². The van der Waals surface area contributed by atoms with Gasteiger partial charge in [-0.05, 0) is 49.4 Å². The van der Waals surface area contributed by atoms with Crippen LogP contribution >= 0.6 is 15.9 Å². The van der Waals surface area contributed by atoms with Crippen LogP contribution in [-0.4, -0.2) is 30.2 Å². The second kappa shape index (κ2) is 6.57. The molecule has 1 N–H and O–H groups in total. The topological polar surface area (TPSA) is 45.1 Å². The lowest BCUT2D eigenvalue weighted by atomic mass is 9.77. The third kappa shape index (κ3) is 2.57. The van der Waals surface area contributed by atoms with E-state index in [0.29, 0.717) is 13.0 Å². The van der Waals surface area contributed by atoms with E-state index in [0.717, 1.165) is 32.4 Å². The van der Waals surface area contributed by atoms with Gasteiger partial charge in [0.25, 0.3) is 0 Å². The van der Waals surface area contributed by atoms with Gasteiger partial charge in [0, 0.05) is 28.7 Å². The Morgan fingerprint density at radius 2 is 1.93 bits per heavy atom. The summed E-state index contributed by atoms with van der Waals surface area (Å²) in [5.41, 5.74) is 2.14. The Bertz CT molecular complexity index is 1140. The molecule has 5 heteroatoms. The second-order valence-corrected chi connectivity index (χ2v) is 9.12. The fraction of sp³-hybridized carbons (Fsp3) is 0.292. The van der Waals surface area contributed by atoms with Crippen LogP contribution < -0.4 is 9.64 Å². The van der Waals surface area contributed by atoms with Crippen molar-refractivity contribution in [2.24, 2.45) is 4.99 Å². The first-order valence-corrected chi connectivity index (χ1v) is 10.7. The molecule has 0 amide bonds. The molecule has 0 saturated heterocycles. The van der Waals surface area contributed by atoms with E-state index >= 15 is 0 Å². The Hall–Kier alpha value is -2.37. The lowest BCUT2D eigenvalue weighted by Crippen LogP contribution is -2.62. The maximum atomic E-state index is 9.51. The summed E-state index contributed by atoms with van der Waals surface area (Å²) >= 11 is 3.61. The molecular formula is C24H23BrN2O2. The van der Waals surface area contributed by atoms with Gasteiger partial charge in [0.2, 0.25) is 5.72 Å². The highest BCUT2D eigenvalue weighted by Gasteiger charge is 2.59. The fourth-order valence-electron chi connectivity index (χ4n) is 4.69. The van der Waals surface area contributed by atoms with Crippen molar-refractivity contribution in [2.75, 3.05) is 18.1 Å². The predicted molar refractivity (Wildman–Crippen MR) is 122 cm³/mol. The summed E-state index contributed by atoms with van der Waals surface area (Å²) in [6.45, 7) is 5.22. The number of anilines is 1. The standard InChI is InChI=1S/C24H23BrN2O2/c1-23(2)19-10-9-17(25)14-20(19)27(12-5-13-28)24(23)15-26-22-18-7-4-3-6-16(18)8-11-21(22)29-24/h3-4,6-11,14-15,28H,5,12-13H2,1-2H3. The number of aliphatic imine (C=N–C) groups is 1. The third-order valence-electron chi connectivity index (χ3n) is 6.26. The van der Waals surface area contributed by atoms with Crippen LogP contribution in [0.2, 0.25) is 0 Å². The van der Waals surface area contributed by atoms with Gasteiger partial charge in [0.1, 0.15) is 11.4 Å². The molecule has 0 bridgehead atoms. The van der Waals surface area contributed by atoms with Gasteiger partial charge in [-0.25, -0.2) is 0 Å². The van der Waals surface area contributed by atoms with Gasteiger partial charge in [-0.15, -0.1) is 0 Å². The van der Waals surface area contributed by atoms with Gasteiger partial charge < -0.3 is 14.7 Å². The predicted octanol–water partition coefficient (Wildman–Crippen LogP) is 5.57. The highest BCUT2D eigenvalue weighted by molar-refractivity contribution is 9.10. The van der Waals surface area contributed by atoms with Gasteiger partial charge in [0.15, 0.2) is 0 Å². The zero-order valence-corrected chi connectivity index (χ0v) is 18.1. The summed E-state index contributed by atoms with van der Waals surface area (Å²) < 4.78 is 7.84. The van der Waals surface area contributed by atoms with Crippen molar-refractivity contribution < 1.29 is 9.84 Å². The van der Waals surface area contributed by atoms with Crippen molar-refractivity contribution >= 4 is 44.3 Å². The molecule has 4 nitrogen and oxygen atoms in total. The summed E-state index contributed by atoms with van der Waals surface area (Å²) in [5.74, 6) is 0.792. The van der Waals surface area contributed by atoms with E-state index in [-0.39, 0.29) is 12.0 Å². The molecule has 2 heterocycles. The Labute approximate surface area is 179 Å². The molecule has 0 fully saturated rings. The van der Waals surface area contributed by atoms with Gasteiger partial charge in [-0.3, -0.25) is 4.99 Å². The van der Waals surface area contributed by atoms with Crippen molar-refractivity contribution in [3.8, 4) is 5.75 Å². The number of ether oxygens (including phenoxy) is 1. The molecule has 0 saturated carbocycles. The first kappa shape index (κ1) is 18.6. The van der Waals surface area contributed by atoms with Crippen molar-refractivity contribution in [1.82, 2.24) is 0 Å². The average Bonchev–Trinajstić information content (AvgIpc) is 2.89. The van der Waals surface area contributed by atoms with Crippen molar-refractivity contribution in [3.63, 3.8) is 0 Å². The molecule has 148 valence electrons. The van der Waals surface area contributed by atoms with Crippen LogP contribution in [0.1, 0.15) is 25.8 Å². The summed E-state index contributed by atoms with van der Waals surface area (Å²) in [4.78, 5) is 7.20. The van der Waals surface area contributed by atoms with E-state index in [1.807, 2.05) is 24.4 Å². The Morgan fingerprint density at radius 1 is 1.10 bits per heavy atom. The average molecular weight is 451 g/mol. The fourth-order valence-corrected chi connectivity index (χ4v) is 5.04. The Balaban J connectivity index is 1.70. The molecule has 0 radical (unpaired) electrons. The molecule has 0 aromatic heterocycles. The molecule has 1 atom stereocenters.